The first-order valence-electron chi connectivity index (χ1n) is 9.66. The Balaban J connectivity index is 1.49. The molecule has 1 aromatic carbocycles. The lowest BCUT2D eigenvalue weighted by atomic mass is 9.92. The molecular formula is C19H24F2N4O. The number of rotatable bonds is 2. The van der Waals surface area contributed by atoms with Gasteiger partial charge in [0.05, 0.1) is 17.8 Å². The van der Waals surface area contributed by atoms with Crippen molar-refractivity contribution in [1.82, 2.24) is 15.5 Å². The molecule has 3 unspecified atom stereocenters. The lowest BCUT2D eigenvalue weighted by Gasteiger charge is -2.47. The smallest absolute Gasteiger partial charge is 0.257 e. The predicted molar refractivity (Wildman–Crippen MR) is 94.3 cm³/mol. The predicted octanol–water partition coefficient (Wildman–Crippen LogP) is 1.61. The molecule has 140 valence electrons. The SMILES string of the molecule is O=C1c2c(F)cc(N3CC4CCC3CN4)c(F)c2CN1C1CCCNC1. The molecule has 4 fully saturated rings. The van der Waals surface area contributed by atoms with E-state index >= 15 is 4.39 Å². The first-order valence-corrected chi connectivity index (χ1v) is 9.66. The third kappa shape index (κ3) is 2.44. The van der Waals surface area contributed by atoms with E-state index in [1.54, 1.807) is 4.90 Å². The van der Waals surface area contributed by atoms with Crippen molar-refractivity contribution in [3.63, 3.8) is 0 Å². The normalized spacial score (nSPS) is 30.8. The highest BCUT2D eigenvalue weighted by molar-refractivity contribution is 5.99. The molecule has 26 heavy (non-hydrogen) atoms. The van der Waals surface area contributed by atoms with E-state index in [4.69, 9.17) is 0 Å². The van der Waals surface area contributed by atoms with E-state index in [1.165, 1.54) is 6.07 Å². The monoisotopic (exact) mass is 362 g/mol. The second-order valence-electron chi connectivity index (χ2n) is 7.97. The number of hydrogen-bond acceptors (Lipinski definition) is 4. The van der Waals surface area contributed by atoms with Crippen LogP contribution in [0.25, 0.3) is 0 Å². The summed E-state index contributed by atoms with van der Waals surface area (Å²) in [7, 11) is 0. The van der Waals surface area contributed by atoms with E-state index in [1.807, 2.05) is 4.90 Å². The molecule has 0 saturated carbocycles. The zero-order chi connectivity index (χ0) is 17.8. The van der Waals surface area contributed by atoms with Gasteiger partial charge in [0.25, 0.3) is 5.91 Å². The molecule has 3 atom stereocenters. The largest absolute Gasteiger partial charge is 0.363 e. The van der Waals surface area contributed by atoms with Gasteiger partial charge in [0.15, 0.2) is 5.82 Å². The summed E-state index contributed by atoms with van der Waals surface area (Å²) in [6.07, 6.45) is 3.93. The van der Waals surface area contributed by atoms with Gasteiger partial charge < -0.3 is 20.4 Å². The van der Waals surface area contributed by atoms with Gasteiger partial charge >= 0.3 is 0 Å². The zero-order valence-corrected chi connectivity index (χ0v) is 14.7. The molecular weight excluding hydrogens is 338 g/mol. The third-order valence-electron chi connectivity index (χ3n) is 6.47. The number of halogens is 2. The first kappa shape index (κ1) is 16.4. The summed E-state index contributed by atoms with van der Waals surface area (Å²) in [6.45, 7) is 3.31. The van der Waals surface area contributed by atoms with E-state index < -0.39 is 11.6 Å². The Hall–Kier alpha value is -1.73. The highest BCUT2D eigenvalue weighted by Gasteiger charge is 2.41. The van der Waals surface area contributed by atoms with Crippen LogP contribution in [0.15, 0.2) is 6.07 Å². The van der Waals surface area contributed by atoms with Crippen LogP contribution in [0.1, 0.15) is 41.6 Å². The summed E-state index contributed by atoms with van der Waals surface area (Å²) >= 11 is 0. The summed E-state index contributed by atoms with van der Waals surface area (Å²) in [5.74, 6) is -1.35. The van der Waals surface area contributed by atoms with E-state index in [0.717, 1.165) is 38.8 Å². The number of piperazine rings is 1. The molecule has 0 aromatic heterocycles. The summed E-state index contributed by atoms with van der Waals surface area (Å²) in [5, 5.41) is 6.71. The van der Waals surface area contributed by atoms with E-state index in [0.29, 0.717) is 24.8 Å². The molecule has 0 spiro atoms. The molecule has 2 bridgehead atoms. The van der Waals surface area contributed by atoms with Crippen molar-refractivity contribution in [3.8, 4) is 0 Å². The highest BCUT2D eigenvalue weighted by atomic mass is 19.1. The van der Waals surface area contributed by atoms with Gasteiger partial charge in [0, 0.05) is 49.4 Å². The fourth-order valence-corrected chi connectivity index (χ4v) is 5.04. The number of amides is 1. The van der Waals surface area contributed by atoms with E-state index in [-0.39, 0.29) is 35.7 Å². The van der Waals surface area contributed by atoms with Crippen molar-refractivity contribution < 1.29 is 13.6 Å². The molecule has 7 heteroatoms. The van der Waals surface area contributed by atoms with Gasteiger partial charge in [-0.25, -0.2) is 8.78 Å². The molecule has 5 nitrogen and oxygen atoms in total. The number of carbonyl (C=O) groups excluding carboxylic acids is 1. The van der Waals surface area contributed by atoms with Crippen molar-refractivity contribution in [1.29, 1.82) is 0 Å². The molecule has 2 N–H and O–H groups in total. The summed E-state index contributed by atoms with van der Waals surface area (Å²) in [6, 6.07) is 1.79. The number of carbonyl (C=O) groups is 1. The van der Waals surface area contributed by atoms with Crippen LogP contribution in [-0.2, 0) is 6.54 Å². The summed E-state index contributed by atoms with van der Waals surface area (Å²) in [4.78, 5) is 16.4. The minimum Gasteiger partial charge on any atom is -0.363 e. The number of piperidine rings is 3. The summed E-state index contributed by atoms with van der Waals surface area (Å²) < 4.78 is 30.2. The van der Waals surface area contributed by atoms with Crippen LogP contribution in [0.5, 0.6) is 0 Å². The third-order valence-corrected chi connectivity index (χ3v) is 6.47. The van der Waals surface area contributed by atoms with Crippen molar-refractivity contribution in [3.05, 3.63) is 28.8 Å². The van der Waals surface area contributed by atoms with Gasteiger partial charge in [0.2, 0.25) is 0 Å². The number of anilines is 1. The average molecular weight is 362 g/mol. The Bertz CT molecular complexity index is 742. The van der Waals surface area contributed by atoms with Crippen molar-refractivity contribution in [2.75, 3.05) is 31.1 Å². The fraction of sp³-hybridized carbons (Fsp3) is 0.632. The van der Waals surface area contributed by atoms with Crippen LogP contribution >= 0.6 is 0 Å². The lowest BCUT2D eigenvalue weighted by molar-refractivity contribution is 0.0671. The highest BCUT2D eigenvalue weighted by Crippen LogP contribution is 2.38. The Morgan fingerprint density at radius 3 is 2.58 bits per heavy atom. The van der Waals surface area contributed by atoms with Gasteiger partial charge in [-0.2, -0.15) is 0 Å². The van der Waals surface area contributed by atoms with Crippen LogP contribution in [0.4, 0.5) is 14.5 Å². The van der Waals surface area contributed by atoms with Gasteiger partial charge in [-0.05, 0) is 32.2 Å². The average Bonchev–Trinajstić information content (AvgIpc) is 3.04. The van der Waals surface area contributed by atoms with Crippen LogP contribution < -0.4 is 15.5 Å². The summed E-state index contributed by atoms with van der Waals surface area (Å²) in [5.41, 5.74) is 0.510. The number of nitrogens with one attached hydrogen (secondary N) is 2. The molecule has 1 amide bonds. The minimum absolute atomic E-state index is 0.0149. The number of benzene rings is 1. The lowest BCUT2D eigenvalue weighted by Crippen LogP contribution is -2.61. The standard InChI is InChI=1S/C19H24F2N4O/c20-15-6-16(24-9-11-3-4-13(24)8-23-11)18(21)14-10-25(19(26)17(14)15)12-2-1-5-22-7-12/h6,11-13,22-23H,1-5,7-10H2. The number of nitrogens with zero attached hydrogens (tertiary/aromatic N) is 2. The van der Waals surface area contributed by atoms with Crippen LogP contribution in [-0.4, -0.2) is 55.1 Å². The van der Waals surface area contributed by atoms with Crippen molar-refractivity contribution in [2.45, 2.75) is 50.4 Å². The molecule has 4 saturated heterocycles. The van der Waals surface area contributed by atoms with Crippen molar-refractivity contribution in [2.24, 2.45) is 0 Å². The van der Waals surface area contributed by atoms with Gasteiger partial charge in [-0.3, -0.25) is 4.79 Å². The van der Waals surface area contributed by atoms with Crippen LogP contribution in [0, 0.1) is 11.6 Å². The maximum Gasteiger partial charge on any atom is 0.257 e. The van der Waals surface area contributed by atoms with E-state index in [2.05, 4.69) is 10.6 Å². The quantitative estimate of drug-likeness (QED) is 0.839. The topological polar surface area (TPSA) is 47.6 Å². The van der Waals surface area contributed by atoms with Gasteiger partial charge in [0.1, 0.15) is 5.82 Å². The Labute approximate surface area is 151 Å². The van der Waals surface area contributed by atoms with Gasteiger partial charge in [-0.1, -0.05) is 0 Å². The second kappa shape index (κ2) is 6.16. The Kier molecular flexibility index (Phi) is 3.90. The molecule has 5 aliphatic rings. The Morgan fingerprint density at radius 1 is 1.08 bits per heavy atom. The molecule has 6 rings (SSSR count). The second-order valence-corrected chi connectivity index (χ2v) is 7.97. The van der Waals surface area contributed by atoms with Crippen LogP contribution in [0.3, 0.4) is 0 Å². The molecule has 5 aliphatic heterocycles. The van der Waals surface area contributed by atoms with Gasteiger partial charge in [-0.15, -0.1) is 0 Å². The number of fused-ring (bicyclic) bond motifs is 4. The zero-order valence-electron chi connectivity index (χ0n) is 14.7. The molecule has 0 radical (unpaired) electrons. The maximum atomic E-state index is 15.4. The number of hydrogen-bond donors (Lipinski definition) is 2. The Morgan fingerprint density at radius 2 is 1.92 bits per heavy atom. The molecule has 5 heterocycles. The maximum absolute atomic E-state index is 15.4. The van der Waals surface area contributed by atoms with E-state index in [9.17, 15) is 9.18 Å². The minimum atomic E-state index is -0.581. The molecule has 1 aromatic rings. The fourth-order valence-electron chi connectivity index (χ4n) is 5.04. The van der Waals surface area contributed by atoms with Crippen molar-refractivity contribution >= 4 is 11.6 Å². The first-order chi connectivity index (χ1) is 12.6. The van der Waals surface area contributed by atoms with Crippen LogP contribution in [0.2, 0.25) is 0 Å². The molecule has 0 aliphatic carbocycles.